The number of nitrogens with zero attached hydrogens (tertiary/aromatic N) is 1. The van der Waals surface area contributed by atoms with E-state index in [0.717, 1.165) is 6.07 Å². The third-order valence-corrected chi connectivity index (χ3v) is 3.81. The van der Waals surface area contributed by atoms with E-state index in [4.69, 9.17) is 39.5 Å². The van der Waals surface area contributed by atoms with Gasteiger partial charge in [0.05, 0.1) is 27.8 Å². The number of halogens is 3. The molecular formula is C14H9Cl3N2O4. The highest BCUT2D eigenvalue weighted by Crippen LogP contribution is 2.34. The summed E-state index contributed by atoms with van der Waals surface area (Å²) >= 11 is 17.7. The molecule has 0 fully saturated rings. The van der Waals surface area contributed by atoms with Gasteiger partial charge in [-0.05, 0) is 24.3 Å². The normalized spacial score (nSPS) is 10.3. The van der Waals surface area contributed by atoms with E-state index in [0.29, 0.717) is 5.75 Å². The first-order chi connectivity index (χ1) is 10.8. The molecule has 0 radical (unpaired) electrons. The molecule has 0 unspecified atom stereocenters. The zero-order valence-electron chi connectivity index (χ0n) is 11.6. The van der Waals surface area contributed by atoms with Crippen molar-refractivity contribution in [2.75, 3.05) is 12.4 Å². The molecule has 0 aromatic heterocycles. The van der Waals surface area contributed by atoms with Crippen LogP contribution in [-0.2, 0) is 0 Å². The molecule has 2 rings (SSSR count). The first-order valence-electron chi connectivity index (χ1n) is 6.11. The minimum absolute atomic E-state index is 0.00550. The van der Waals surface area contributed by atoms with Gasteiger partial charge in [-0.25, -0.2) is 0 Å². The summed E-state index contributed by atoms with van der Waals surface area (Å²) in [6, 6.07) is 6.77. The molecule has 0 heterocycles. The summed E-state index contributed by atoms with van der Waals surface area (Å²) in [6.45, 7) is 0. The third kappa shape index (κ3) is 3.85. The van der Waals surface area contributed by atoms with Gasteiger partial charge in [0.1, 0.15) is 10.8 Å². The Labute approximate surface area is 146 Å². The van der Waals surface area contributed by atoms with Crippen molar-refractivity contribution in [2.24, 2.45) is 0 Å². The molecule has 0 spiro atoms. The maximum absolute atomic E-state index is 12.2. The molecule has 0 atom stereocenters. The summed E-state index contributed by atoms with van der Waals surface area (Å²) in [5.41, 5.74) is 0.0720. The van der Waals surface area contributed by atoms with Crippen molar-refractivity contribution in [3.63, 3.8) is 0 Å². The molecule has 6 nitrogen and oxygen atoms in total. The number of rotatable bonds is 4. The van der Waals surface area contributed by atoms with Crippen LogP contribution >= 0.6 is 34.8 Å². The molecule has 1 amide bonds. The Morgan fingerprint density at radius 1 is 1.13 bits per heavy atom. The molecular weight excluding hydrogens is 367 g/mol. The van der Waals surface area contributed by atoms with Gasteiger partial charge in [0.2, 0.25) is 0 Å². The van der Waals surface area contributed by atoms with Gasteiger partial charge in [-0.2, -0.15) is 0 Å². The van der Waals surface area contributed by atoms with Gasteiger partial charge in [-0.3, -0.25) is 14.9 Å². The number of anilines is 1. The maximum atomic E-state index is 12.2. The Balaban J connectivity index is 2.28. The number of carbonyl (C=O) groups is 1. The molecule has 23 heavy (non-hydrogen) atoms. The Hall–Kier alpha value is -2.02. The Morgan fingerprint density at radius 3 is 2.39 bits per heavy atom. The lowest BCUT2D eigenvalue weighted by Gasteiger charge is -2.09. The fraction of sp³-hybridized carbons (Fsp3) is 0.0714. The lowest BCUT2D eigenvalue weighted by molar-refractivity contribution is -0.384. The zero-order valence-corrected chi connectivity index (χ0v) is 13.9. The summed E-state index contributed by atoms with van der Waals surface area (Å²) in [5.74, 6) is -0.0685. The number of amides is 1. The molecule has 0 aliphatic heterocycles. The number of nitro groups is 1. The van der Waals surface area contributed by atoms with E-state index in [2.05, 4.69) is 5.32 Å². The van der Waals surface area contributed by atoms with Crippen LogP contribution in [0.1, 0.15) is 10.4 Å². The summed E-state index contributed by atoms with van der Waals surface area (Å²) in [5, 5.41) is 13.4. The summed E-state index contributed by atoms with van der Waals surface area (Å²) < 4.78 is 5.00. The molecule has 9 heteroatoms. The van der Waals surface area contributed by atoms with Crippen molar-refractivity contribution in [1.29, 1.82) is 0 Å². The van der Waals surface area contributed by atoms with Crippen molar-refractivity contribution in [3.05, 3.63) is 61.1 Å². The molecule has 120 valence electrons. The topological polar surface area (TPSA) is 81.5 Å². The van der Waals surface area contributed by atoms with Crippen LogP contribution in [0.15, 0.2) is 30.3 Å². The maximum Gasteiger partial charge on any atom is 0.289 e. The van der Waals surface area contributed by atoms with Gasteiger partial charge >= 0.3 is 0 Å². The third-order valence-electron chi connectivity index (χ3n) is 2.90. The second-order valence-electron chi connectivity index (χ2n) is 4.34. The molecule has 0 aliphatic carbocycles. The molecule has 0 saturated carbocycles. The van der Waals surface area contributed by atoms with Crippen molar-refractivity contribution < 1.29 is 14.5 Å². The van der Waals surface area contributed by atoms with Gasteiger partial charge in [0.25, 0.3) is 11.6 Å². The fourth-order valence-corrected chi connectivity index (χ4v) is 2.47. The Kier molecular flexibility index (Phi) is 5.30. The number of hydrogen-bond donors (Lipinski definition) is 1. The summed E-state index contributed by atoms with van der Waals surface area (Å²) in [6.07, 6.45) is 0. The van der Waals surface area contributed by atoms with E-state index in [1.54, 1.807) is 6.07 Å². The monoisotopic (exact) mass is 374 g/mol. The van der Waals surface area contributed by atoms with E-state index in [9.17, 15) is 14.9 Å². The highest BCUT2D eigenvalue weighted by atomic mass is 35.5. The van der Waals surface area contributed by atoms with Crippen LogP contribution in [0.5, 0.6) is 5.75 Å². The predicted molar refractivity (Wildman–Crippen MR) is 89.1 cm³/mol. The average molecular weight is 376 g/mol. The second-order valence-corrected chi connectivity index (χ2v) is 5.57. The fourth-order valence-electron chi connectivity index (χ4n) is 1.77. The van der Waals surface area contributed by atoms with Crippen LogP contribution in [0.25, 0.3) is 0 Å². The van der Waals surface area contributed by atoms with Crippen LogP contribution in [-0.4, -0.2) is 17.9 Å². The summed E-state index contributed by atoms with van der Waals surface area (Å²) in [4.78, 5) is 22.3. The first kappa shape index (κ1) is 17.3. The smallest absolute Gasteiger partial charge is 0.289 e. The highest BCUT2D eigenvalue weighted by molar-refractivity contribution is 6.37. The van der Waals surface area contributed by atoms with E-state index in [-0.39, 0.29) is 32.0 Å². The number of benzene rings is 2. The molecule has 0 aliphatic rings. The lowest BCUT2D eigenvalue weighted by Crippen LogP contribution is -2.12. The molecule has 0 saturated heterocycles. The van der Waals surface area contributed by atoms with Gasteiger partial charge < -0.3 is 10.1 Å². The Morgan fingerprint density at radius 2 is 1.83 bits per heavy atom. The number of nitrogens with one attached hydrogen (secondary N) is 1. The number of nitro benzene ring substituents is 1. The van der Waals surface area contributed by atoms with Crippen LogP contribution in [0.4, 0.5) is 11.4 Å². The quantitative estimate of drug-likeness (QED) is 0.614. The highest BCUT2D eigenvalue weighted by Gasteiger charge is 2.18. The Bertz CT molecular complexity index is 796. The van der Waals surface area contributed by atoms with Crippen LogP contribution < -0.4 is 10.1 Å². The van der Waals surface area contributed by atoms with Crippen LogP contribution in [0, 0.1) is 10.1 Å². The number of methoxy groups -OCH3 is 1. The molecule has 1 N–H and O–H groups in total. The average Bonchev–Trinajstić information content (AvgIpc) is 2.50. The summed E-state index contributed by atoms with van der Waals surface area (Å²) in [7, 11) is 1.46. The van der Waals surface area contributed by atoms with Crippen LogP contribution in [0.3, 0.4) is 0 Å². The lowest BCUT2D eigenvalue weighted by atomic mass is 10.2. The van der Waals surface area contributed by atoms with E-state index in [1.165, 1.54) is 25.3 Å². The number of ether oxygens (including phenoxy) is 1. The van der Waals surface area contributed by atoms with Crippen molar-refractivity contribution in [2.45, 2.75) is 0 Å². The van der Waals surface area contributed by atoms with Crippen molar-refractivity contribution >= 4 is 52.1 Å². The second kappa shape index (κ2) is 7.04. The first-order valence-corrected chi connectivity index (χ1v) is 7.25. The van der Waals surface area contributed by atoms with E-state index < -0.39 is 10.8 Å². The number of hydrogen-bond acceptors (Lipinski definition) is 4. The van der Waals surface area contributed by atoms with Crippen LogP contribution in [0.2, 0.25) is 15.1 Å². The zero-order chi connectivity index (χ0) is 17.1. The van der Waals surface area contributed by atoms with Gasteiger partial charge in [0.15, 0.2) is 0 Å². The van der Waals surface area contributed by atoms with Gasteiger partial charge in [-0.15, -0.1) is 0 Å². The van der Waals surface area contributed by atoms with Gasteiger partial charge in [-0.1, -0.05) is 34.8 Å². The SMILES string of the molecule is COc1ccc(C(=O)Nc2cc(Cl)c([N+](=O)[O-])cc2Cl)cc1Cl. The number of carbonyl (C=O) groups excluding carboxylic acids is 1. The molecule has 2 aromatic rings. The standard InChI is InChI=1S/C14H9Cl3N2O4/c1-23-13-3-2-7(4-10(13)17)14(20)18-11-5-9(16)12(19(21)22)6-8(11)15/h2-6H,1H3,(H,18,20). The predicted octanol–water partition coefficient (Wildman–Crippen LogP) is 4.82. The minimum atomic E-state index is -0.664. The van der Waals surface area contributed by atoms with Gasteiger partial charge in [0, 0.05) is 11.6 Å². The molecule has 2 aromatic carbocycles. The van der Waals surface area contributed by atoms with Crippen molar-refractivity contribution in [3.8, 4) is 5.75 Å². The van der Waals surface area contributed by atoms with E-state index >= 15 is 0 Å². The molecule has 0 bridgehead atoms. The van der Waals surface area contributed by atoms with Crippen molar-refractivity contribution in [1.82, 2.24) is 0 Å². The minimum Gasteiger partial charge on any atom is -0.495 e. The largest absolute Gasteiger partial charge is 0.495 e. The van der Waals surface area contributed by atoms with E-state index in [1.807, 2.05) is 0 Å².